The second kappa shape index (κ2) is 7.08. The quantitative estimate of drug-likeness (QED) is 0.929. The summed E-state index contributed by atoms with van der Waals surface area (Å²) in [6.45, 7) is 4.77. The summed E-state index contributed by atoms with van der Waals surface area (Å²) < 4.78 is 13.6. The minimum absolute atomic E-state index is 0. The van der Waals surface area contributed by atoms with E-state index in [-0.39, 0.29) is 28.4 Å². The molecular formula is C13H19Cl2FN2O. The molecule has 3 nitrogen and oxygen atoms in total. The van der Waals surface area contributed by atoms with Gasteiger partial charge in [0, 0.05) is 13.6 Å². The van der Waals surface area contributed by atoms with Crippen molar-refractivity contribution in [2.24, 2.45) is 11.1 Å². The van der Waals surface area contributed by atoms with E-state index >= 15 is 0 Å². The van der Waals surface area contributed by atoms with Crippen LogP contribution in [0.4, 0.5) is 4.39 Å². The molecule has 1 amide bonds. The molecule has 0 aliphatic heterocycles. The van der Waals surface area contributed by atoms with Crippen LogP contribution in [0, 0.1) is 11.2 Å². The molecule has 0 heterocycles. The number of nitrogens with two attached hydrogens (primary N) is 1. The molecule has 19 heavy (non-hydrogen) atoms. The summed E-state index contributed by atoms with van der Waals surface area (Å²) in [4.78, 5) is 13.6. The zero-order valence-electron chi connectivity index (χ0n) is 11.2. The zero-order valence-corrected chi connectivity index (χ0v) is 12.8. The summed E-state index contributed by atoms with van der Waals surface area (Å²) in [5.74, 6) is -1.04. The van der Waals surface area contributed by atoms with E-state index in [1.165, 1.54) is 23.1 Å². The molecule has 2 N–H and O–H groups in total. The van der Waals surface area contributed by atoms with Crippen molar-refractivity contribution in [1.82, 2.24) is 4.90 Å². The number of carbonyl (C=O) groups excluding carboxylic acids is 1. The van der Waals surface area contributed by atoms with E-state index in [2.05, 4.69) is 0 Å². The second-order valence-corrected chi connectivity index (χ2v) is 5.53. The molecular weight excluding hydrogens is 290 g/mol. The minimum atomic E-state index is -0.607. The van der Waals surface area contributed by atoms with Crippen molar-refractivity contribution >= 4 is 29.9 Å². The molecule has 0 saturated heterocycles. The number of halogens is 3. The Kier molecular flexibility index (Phi) is 6.77. The number of rotatable bonds is 4. The highest BCUT2D eigenvalue weighted by atomic mass is 35.5. The molecule has 0 aromatic heterocycles. The maximum atomic E-state index is 13.6. The average molecular weight is 309 g/mol. The molecule has 0 atom stereocenters. The molecule has 1 aromatic rings. The van der Waals surface area contributed by atoms with Gasteiger partial charge in [0.05, 0.1) is 10.6 Å². The SMILES string of the molecule is CN(CC(C)(C)CN)C(=O)c1c(F)cccc1Cl.Cl. The van der Waals surface area contributed by atoms with E-state index in [4.69, 9.17) is 17.3 Å². The van der Waals surface area contributed by atoms with Crippen molar-refractivity contribution < 1.29 is 9.18 Å². The smallest absolute Gasteiger partial charge is 0.258 e. The molecule has 0 bridgehead atoms. The number of amides is 1. The highest BCUT2D eigenvalue weighted by Gasteiger charge is 2.24. The van der Waals surface area contributed by atoms with Crippen molar-refractivity contribution in [1.29, 1.82) is 0 Å². The molecule has 0 aliphatic carbocycles. The predicted octanol–water partition coefficient (Wildman–Crippen LogP) is 2.96. The Labute approximate surface area is 124 Å². The van der Waals surface area contributed by atoms with E-state index in [0.29, 0.717) is 13.1 Å². The second-order valence-electron chi connectivity index (χ2n) is 5.13. The fourth-order valence-corrected chi connectivity index (χ4v) is 1.92. The van der Waals surface area contributed by atoms with Crippen molar-refractivity contribution in [3.8, 4) is 0 Å². The van der Waals surface area contributed by atoms with Crippen LogP contribution in [0.3, 0.4) is 0 Å². The van der Waals surface area contributed by atoms with Gasteiger partial charge in [-0.3, -0.25) is 4.79 Å². The number of hydrogen-bond acceptors (Lipinski definition) is 2. The van der Waals surface area contributed by atoms with Crippen molar-refractivity contribution in [3.05, 3.63) is 34.6 Å². The third kappa shape index (κ3) is 4.64. The zero-order chi connectivity index (χ0) is 13.9. The average Bonchev–Trinajstić information content (AvgIpc) is 2.28. The van der Waals surface area contributed by atoms with Gasteiger partial charge in [-0.25, -0.2) is 4.39 Å². The van der Waals surface area contributed by atoms with E-state index in [1.807, 2.05) is 13.8 Å². The number of benzene rings is 1. The maximum Gasteiger partial charge on any atom is 0.258 e. The first kappa shape index (κ1) is 18.2. The largest absolute Gasteiger partial charge is 0.341 e. The summed E-state index contributed by atoms with van der Waals surface area (Å²) >= 11 is 5.86. The van der Waals surface area contributed by atoms with Gasteiger partial charge in [0.1, 0.15) is 5.82 Å². The van der Waals surface area contributed by atoms with Crippen LogP contribution in [0.1, 0.15) is 24.2 Å². The highest BCUT2D eigenvalue weighted by molar-refractivity contribution is 6.33. The van der Waals surface area contributed by atoms with Crippen LogP contribution >= 0.6 is 24.0 Å². The van der Waals surface area contributed by atoms with Gasteiger partial charge in [-0.1, -0.05) is 31.5 Å². The van der Waals surface area contributed by atoms with Gasteiger partial charge in [0.2, 0.25) is 0 Å². The summed E-state index contributed by atoms with van der Waals surface area (Å²) in [6.07, 6.45) is 0. The molecule has 1 aromatic carbocycles. The van der Waals surface area contributed by atoms with Gasteiger partial charge in [-0.05, 0) is 24.1 Å². The molecule has 108 valence electrons. The third-order valence-electron chi connectivity index (χ3n) is 2.74. The van der Waals surface area contributed by atoms with E-state index in [9.17, 15) is 9.18 Å². The summed E-state index contributed by atoms with van der Waals surface area (Å²) in [7, 11) is 1.61. The van der Waals surface area contributed by atoms with Gasteiger partial charge in [-0.15, -0.1) is 12.4 Å². The Morgan fingerprint density at radius 2 is 2.05 bits per heavy atom. The Morgan fingerprint density at radius 1 is 1.47 bits per heavy atom. The van der Waals surface area contributed by atoms with Crippen molar-refractivity contribution in [2.75, 3.05) is 20.1 Å². The van der Waals surface area contributed by atoms with Crippen molar-refractivity contribution in [2.45, 2.75) is 13.8 Å². The van der Waals surface area contributed by atoms with Gasteiger partial charge in [0.25, 0.3) is 5.91 Å². The van der Waals surface area contributed by atoms with Crippen LogP contribution in [0.15, 0.2) is 18.2 Å². The Morgan fingerprint density at radius 3 is 2.53 bits per heavy atom. The topological polar surface area (TPSA) is 46.3 Å². The van der Waals surface area contributed by atoms with Gasteiger partial charge in [0.15, 0.2) is 0 Å². The summed E-state index contributed by atoms with van der Waals surface area (Å²) in [5, 5.41) is 0.123. The van der Waals surface area contributed by atoms with Crippen LogP contribution in [-0.2, 0) is 0 Å². The van der Waals surface area contributed by atoms with Crippen LogP contribution in [0.25, 0.3) is 0 Å². The fraction of sp³-hybridized carbons (Fsp3) is 0.462. The van der Waals surface area contributed by atoms with E-state index < -0.39 is 11.7 Å². The normalized spacial score (nSPS) is 10.8. The highest BCUT2D eigenvalue weighted by Crippen LogP contribution is 2.22. The number of carbonyl (C=O) groups is 1. The molecule has 0 unspecified atom stereocenters. The van der Waals surface area contributed by atoms with E-state index in [0.717, 1.165) is 0 Å². The first-order chi connectivity index (χ1) is 8.28. The van der Waals surface area contributed by atoms with Crippen LogP contribution in [-0.4, -0.2) is 30.9 Å². The number of hydrogen-bond donors (Lipinski definition) is 1. The Bertz CT molecular complexity index is 432. The lowest BCUT2D eigenvalue weighted by Crippen LogP contribution is -2.40. The first-order valence-corrected chi connectivity index (χ1v) is 6.06. The third-order valence-corrected chi connectivity index (χ3v) is 3.06. The Balaban J connectivity index is 0.00000324. The predicted molar refractivity (Wildman–Crippen MR) is 78.5 cm³/mol. The Hall–Kier alpha value is -0.840. The lowest BCUT2D eigenvalue weighted by atomic mass is 9.93. The molecule has 0 fully saturated rings. The molecule has 0 spiro atoms. The lowest BCUT2D eigenvalue weighted by Gasteiger charge is -2.29. The van der Waals surface area contributed by atoms with Gasteiger partial charge in [-0.2, -0.15) is 0 Å². The fourth-order valence-electron chi connectivity index (χ4n) is 1.67. The molecule has 0 aliphatic rings. The van der Waals surface area contributed by atoms with E-state index in [1.54, 1.807) is 7.05 Å². The first-order valence-electron chi connectivity index (χ1n) is 5.68. The monoisotopic (exact) mass is 308 g/mol. The standard InChI is InChI=1S/C13H18ClFN2O.ClH/c1-13(2,7-16)8-17(3)12(18)11-9(14)5-4-6-10(11)15;/h4-6H,7-8,16H2,1-3H3;1H. The van der Waals surface area contributed by atoms with Crippen LogP contribution in [0.2, 0.25) is 5.02 Å². The number of nitrogens with zero attached hydrogens (tertiary/aromatic N) is 1. The molecule has 1 rings (SSSR count). The maximum absolute atomic E-state index is 13.6. The lowest BCUT2D eigenvalue weighted by molar-refractivity contribution is 0.0736. The van der Waals surface area contributed by atoms with Crippen LogP contribution < -0.4 is 5.73 Å². The molecule has 0 saturated carbocycles. The molecule has 0 radical (unpaired) electrons. The summed E-state index contributed by atoms with van der Waals surface area (Å²) in [5.41, 5.74) is 5.31. The summed E-state index contributed by atoms with van der Waals surface area (Å²) in [6, 6.07) is 4.19. The van der Waals surface area contributed by atoms with Gasteiger partial charge < -0.3 is 10.6 Å². The molecule has 6 heteroatoms. The van der Waals surface area contributed by atoms with Gasteiger partial charge >= 0.3 is 0 Å². The van der Waals surface area contributed by atoms with Crippen LogP contribution in [0.5, 0.6) is 0 Å². The van der Waals surface area contributed by atoms with Crippen molar-refractivity contribution in [3.63, 3.8) is 0 Å². The minimum Gasteiger partial charge on any atom is -0.341 e.